The van der Waals surface area contributed by atoms with E-state index in [4.69, 9.17) is 0 Å². The normalized spacial score (nSPS) is 21.6. The lowest BCUT2D eigenvalue weighted by Gasteiger charge is -2.25. The summed E-state index contributed by atoms with van der Waals surface area (Å²) in [6.07, 6.45) is 7.13. The fourth-order valence-corrected chi connectivity index (χ4v) is 1.93. The maximum Gasteiger partial charge on any atom is 0.225 e. The third-order valence-corrected chi connectivity index (χ3v) is 3.03. The summed E-state index contributed by atoms with van der Waals surface area (Å²) in [5, 5.41) is 6.09. The molecular formula is C11H18N2O. The number of rotatable bonds is 4. The van der Waals surface area contributed by atoms with Crippen LogP contribution in [0.1, 0.15) is 25.7 Å². The van der Waals surface area contributed by atoms with E-state index in [1.54, 1.807) is 0 Å². The standard InChI is InChI=1S/C11H18N2O/c14-11(10-7-12-8-10)13-6-5-9-3-1-2-4-9/h3,10,12H,1-2,4-8H2,(H,13,14). The molecule has 0 radical (unpaired) electrons. The maximum atomic E-state index is 11.4. The minimum Gasteiger partial charge on any atom is -0.355 e. The first-order valence-corrected chi connectivity index (χ1v) is 5.52. The summed E-state index contributed by atoms with van der Waals surface area (Å²) in [7, 11) is 0. The van der Waals surface area contributed by atoms with Crippen molar-refractivity contribution < 1.29 is 4.79 Å². The summed E-state index contributed by atoms with van der Waals surface area (Å²) in [5.74, 6) is 0.454. The predicted molar refractivity (Wildman–Crippen MR) is 55.9 cm³/mol. The van der Waals surface area contributed by atoms with Gasteiger partial charge in [-0.25, -0.2) is 0 Å². The molecule has 14 heavy (non-hydrogen) atoms. The van der Waals surface area contributed by atoms with E-state index in [0.717, 1.165) is 26.1 Å². The molecule has 0 saturated carbocycles. The van der Waals surface area contributed by atoms with Crippen LogP contribution in [0, 0.1) is 5.92 Å². The molecule has 3 heteroatoms. The number of hydrogen-bond donors (Lipinski definition) is 2. The first-order chi connectivity index (χ1) is 6.86. The van der Waals surface area contributed by atoms with E-state index in [9.17, 15) is 4.79 Å². The zero-order valence-corrected chi connectivity index (χ0v) is 8.51. The molecule has 2 N–H and O–H groups in total. The van der Waals surface area contributed by atoms with Gasteiger partial charge in [0.15, 0.2) is 0 Å². The van der Waals surface area contributed by atoms with Gasteiger partial charge in [-0.2, -0.15) is 0 Å². The minimum atomic E-state index is 0.224. The van der Waals surface area contributed by atoms with Gasteiger partial charge in [0.25, 0.3) is 0 Å². The predicted octanol–water partition coefficient (Wildman–Crippen LogP) is 0.822. The Bertz CT molecular complexity index is 244. The Balaban J connectivity index is 1.59. The highest BCUT2D eigenvalue weighted by molar-refractivity contribution is 5.79. The van der Waals surface area contributed by atoms with Gasteiger partial charge in [-0.1, -0.05) is 11.6 Å². The van der Waals surface area contributed by atoms with Crippen LogP contribution < -0.4 is 10.6 Å². The molecule has 0 aromatic carbocycles. The molecule has 2 rings (SSSR count). The van der Waals surface area contributed by atoms with E-state index < -0.39 is 0 Å². The van der Waals surface area contributed by atoms with Crippen molar-refractivity contribution in [2.75, 3.05) is 19.6 Å². The molecule has 78 valence electrons. The molecule has 0 aromatic rings. The Kier molecular flexibility index (Phi) is 3.19. The molecule has 3 nitrogen and oxygen atoms in total. The van der Waals surface area contributed by atoms with Crippen molar-refractivity contribution in [3.8, 4) is 0 Å². The Morgan fingerprint density at radius 2 is 2.43 bits per heavy atom. The molecule has 0 aromatic heterocycles. The molecule has 0 unspecified atom stereocenters. The zero-order chi connectivity index (χ0) is 9.80. The average molecular weight is 194 g/mol. The van der Waals surface area contributed by atoms with Gasteiger partial charge >= 0.3 is 0 Å². The molecule has 1 fully saturated rings. The number of amides is 1. The highest BCUT2D eigenvalue weighted by Gasteiger charge is 2.24. The van der Waals surface area contributed by atoms with Crippen molar-refractivity contribution in [2.24, 2.45) is 5.92 Å². The van der Waals surface area contributed by atoms with Crippen molar-refractivity contribution in [3.05, 3.63) is 11.6 Å². The van der Waals surface area contributed by atoms with Gasteiger partial charge in [-0.05, 0) is 25.7 Å². The van der Waals surface area contributed by atoms with Crippen LogP contribution in [-0.4, -0.2) is 25.5 Å². The summed E-state index contributed by atoms with van der Waals surface area (Å²) in [6, 6.07) is 0. The second kappa shape index (κ2) is 4.60. The number of hydrogen-bond acceptors (Lipinski definition) is 2. The third-order valence-electron chi connectivity index (χ3n) is 3.03. The van der Waals surface area contributed by atoms with Gasteiger partial charge in [0.05, 0.1) is 5.92 Å². The number of carbonyl (C=O) groups is 1. The Hall–Kier alpha value is -0.830. The summed E-state index contributed by atoms with van der Waals surface area (Å²) < 4.78 is 0. The minimum absolute atomic E-state index is 0.224. The van der Waals surface area contributed by atoms with Gasteiger partial charge in [0.1, 0.15) is 0 Å². The van der Waals surface area contributed by atoms with E-state index in [1.807, 2.05) is 0 Å². The zero-order valence-electron chi connectivity index (χ0n) is 8.51. The van der Waals surface area contributed by atoms with Gasteiger partial charge in [-0.3, -0.25) is 4.79 Å². The smallest absolute Gasteiger partial charge is 0.225 e. The monoisotopic (exact) mass is 194 g/mol. The topological polar surface area (TPSA) is 41.1 Å². The fourth-order valence-electron chi connectivity index (χ4n) is 1.93. The first-order valence-electron chi connectivity index (χ1n) is 5.52. The lowest BCUT2D eigenvalue weighted by Crippen LogP contribution is -2.50. The molecule has 1 heterocycles. The summed E-state index contributed by atoms with van der Waals surface area (Å²) >= 11 is 0. The van der Waals surface area contributed by atoms with Crippen LogP contribution in [0.4, 0.5) is 0 Å². The van der Waals surface area contributed by atoms with Crippen LogP contribution in [-0.2, 0) is 4.79 Å². The summed E-state index contributed by atoms with van der Waals surface area (Å²) in [5.41, 5.74) is 1.53. The highest BCUT2D eigenvalue weighted by atomic mass is 16.2. The summed E-state index contributed by atoms with van der Waals surface area (Å²) in [4.78, 5) is 11.4. The highest BCUT2D eigenvalue weighted by Crippen LogP contribution is 2.19. The maximum absolute atomic E-state index is 11.4. The van der Waals surface area contributed by atoms with Crippen molar-refractivity contribution in [1.29, 1.82) is 0 Å². The van der Waals surface area contributed by atoms with Crippen LogP contribution in [0.15, 0.2) is 11.6 Å². The Morgan fingerprint density at radius 1 is 1.57 bits per heavy atom. The van der Waals surface area contributed by atoms with E-state index >= 15 is 0 Å². The Morgan fingerprint density at radius 3 is 3.00 bits per heavy atom. The second-order valence-corrected chi connectivity index (χ2v) is 4.15. The number of carbonyl (C=O) groups excluding carboxylic acids is 1. The van der Waals surface area contributed by atoms with Crippen LogP contribution in [0.3, 0.4) is 0 Å². The molecule has 2 aliphatic rings. The van der Waals surface area contributed by atoms with Crippen LogP contribution >= 0.6 is 0 Å². The number of nitrogens with one attached hydrogen (secondary N) is 2. The molecule has 1 aliphatic heterocycles. The second-order valence-electron chi connectivity index (χ2n) is 4.15. The van der Waals surface area contributed by atoms with Crippen molar-refractivity contribution in [2.45, 2.75) is 25.7 Å². The van der Waals surface area contributed by atoms with Crippen molar-refractivity contribution in [3.63, 3.8) is 0 Å². The van der Waals surface area contributed by atoms with Gasteiger partial charge in [0.2, 0.25) is 5.91 Å². The lowest BCUT2D eigenvalue weighted by molar-refractivity contribution is -0.126. The molecule has 0 bridgehead atoms. The molecular weight excluding hydrogens is 176 g/mol. The largest absolute Gasteiger partial charge is 0.355 e. The summed E-state index contributed by atoms with van der Waals surface area (Å²) in [6.45, 7) is 2.53. The molecule has 0 spiro atoms. The van der Waals surface area contributed by atoms with Crippen molar-refractivity contribution in [1.82, 2.24) is 10.6 Å². The van der Waals surface area contributed by atoms with Gasteiger partial charge in [0, 0.05) is 19.6 Å². The molecule has 1 aliphatic carbocycles. The van der Waals surface area contributed by atoms with Gasteiger partial charge < -0.3 is 10.6 Å². The van der Waals surface area contributed by atoms with E-state index in [2.05, 4.69) is 16.7 Å². The SMILES string of the molecule is O=C(NCCC1=CCCC1)C1CNC1. The van der Waals surface area contributed by atoms with Crippen LogP contribution in [0.2, 0.25) is 0 Å². The molecule has 1 amide bonds. The van der Waals surface area contributed by atoms with E-state index in [1.165, 1.54) is 24.8 Å². The third kappa shape index (κ3) is 2.35. The molecule has 0 atom stereocenters. The number of allylic oxidation sites excluding steroid dienone is 1. The van der Waals surface area contributed by atoms with Crippen molar-refractivity contribution >= 4 is 5.91 Å². The quantitative estimate of drug-likeness (QED) is 0.651. The van der Waals surface area contributed by atoms with Gasteiger partial charge in [-0.15, -0.1) is 0 Å². The Labute approximate surface area is 84.9 Å². The van der Waals surface area contributed by atoms with Crippen LogP contribution in [0.25, 0.3) is 0 Å². The van der Waals surface area contributed by atoms with E-state index in [-0.39, 0.29) is 11.8 Å². The van der Waals surface area contributed by atoms with E-state index in [0.29, 0.717) is 0 Å². The average Bonchev–Trinajstić information content (AvgIpc) is 2.53. The first kappa shape index (κ1) is 9.71. The van der Waals surface area contributed by atoms with Crippen LogP contribution in [0.5, 0.6) is 0 Å². The molecule has 1 saturated heterocycles. The fraction of sp³-hybridized carbons (Fsp3) is 0.727. The lowest BCUT2D eigenvalue weighted by atomic mass is 10.0.